The van der Waals surface area contributed by atoms with Gasteiger partial charge in [0.1, 0.15) is 11.6 Å². The van der Waals surface area contributed by atoms with Crippen LogP contribution in [0.5, 0.6) is 0 Å². The number of unbranched alkanes of at least 4 members (excludes halogenated alkanes) is 1. The Morgan fingerprint density at radius 3 is 2.68 bits per heavy atom. The van der Waals surface area contributed by atoms with E-state index in [1.807, 2.05) is 0 Å². The Bertz CT molecular complexity index is 442. The van der Waals surface area contributed by atoms with Crippen LogP contribution in [0.4, 0.5) is 0 Å². The molecular weight excluding hydrogens is 316 g/mol. The second kappa shape index (κ2) is 8.54. The predicted molar refractivity (Wildman–Crippen MR) is 62.4 cm³/mol. The van der Waals surface area contributed by atoms with Gasteiger partial charge in [-0.1, -0.05) is 4.68 Å². The van der Waals surface area contributed by atoms with Crippen molar-refractivity contribution in [3.63, 3.8) is 0 Å². The first-order valence-corrected chi connectivity index (χ1v) is 5.64. The van der Waals surface area contributed by atoms with Crippen molar-refractivity contribution in [1.29, 1.82) is 0 Å². The number of carboxylic acids is 1. The third-order valence-electron chi connectivity index (χ3n) is 2.51. The van der Waals surface area contributed by atoms with Crippen LogP contribution in [0.3, 0.4) is 0 Å². The average molecular weight is 333 g/mol. The number of carbonyl (C=O) groups is 2. The number of nitrogens with two attached hydrogens (primary N) is 2. The summed E-state index contributed by atoms with van der Waals surface area (Å²) in [7, 11) is 0. The van der Waals surface area contributed by atoms with Gasteiger partial charge in [-0.3, -0.25) is 9.59 Å². The number of carboxylic acid groups (broad SMARTS) is 1. The molecule has 1 aromatic heterocycles. The number of aromatic nitrogens is 2. The van der Waals surface area contributed by atoms with Crippen molar-refractivity contribution in [3.8, 4) is 0 Å². The number of hydrogen-bond acceptors (Lipinski definition) is 4. The van der Waals surface area contributed by atoms with E-state index >= 15 is 0 Å². The summed E-state index contributed by atoms with van der Waals surface area (Å²) in [5.74, 6) is -1.49. The lowest BCUT2D eigenvalue weighted by molar-refractivity contribution is -0.754. The molecule has 19 heavy (non-hydrogen) atoms. The van der Waals surface area contributed by atoms with Crippen LogP contribution >= 0.6 is 0 Å². The smallest absolute Gasteiger partial charge is 0.320 e. The number of primary amides is 1. The van der Waals surface area contributed by atoms with Gasteiger partial charge in [-0.05, 0) is 24.0 Å². The maximum Gasteiger partial charge on any atom is 0.320 e. The second-order valence-corrected chi connectivity index (χ2v) is 3.98. The number of amides is 1. The van der Waals surface area contributed by atoms with Gasteiger partial charge in [-0.25, -0.2) is 0 Å². The molecule has 0 aliphatic carbocycles. The zero-order valence-corrected chi connectivity index (χ0v) is 11.9. The number of halogens is 1. The summed E-state index contributed by atoms with van der Waals surface area (Å²) in [5.41, 5.74) is 10.9. The summed E-state index contributed by atoms with van der Waals surface area (Å²) in [6.45, 7) is 0.591. The lowest BCUT2D eigenvalue weighted by Gasteiger charge is -2.03. The Kier molecular flexibility index (Phi) is 7.85. The Hall–Kier alpha value is -1.54. The molecule has 0 unspecified atom stereocenters. The molecule has 0 spiro atoms. The molecule has 0 fully saturated rings. The SMILES string of the molecule is NC(=O)c1ccn[n+](CCCC[C@H](N)C(=O)O)c1.[Br-]. The summed E-state index contributed by atoms with van der Waals surface area (Å²) in [6.07, 6.45) is 4.91. The number of aliphatic carboxylic acids is 1. The van der Waals surface area contributed by atoms with Gasteiger partial charge in [-0.2, -0.15) is 0 Å². The maximum atomic E-state index is 10.9. The van der Waals surface area contributed by atoms with Crippen LogP contribution in [-0.4, -0.2) is 28.1 Å². The number of rotatable bonds is 7. The van der Waals surface area contributed by atoms with Crippen molar-refractivity contribution in [2.75, 3.05) is 0 Å². The normalized spacial score (nSPS) is 11.4. The fourth-order valence-electron chi connectivity index (χ4n) is 1.47. The van der Waals surface area contributed by atoms with Crippen LogP contribution in [0, 0.1) is 0 Å². The highest BCUT2D eigenvalue weighted by Crippen LogP contribution is 1.99. The monoisotopic (exact) mass is 332 g/mol. The molecule has 106 valence electrons. The minimum Gasteiger partial charge on any atom is -1.00 e. The van der Waals surface area contributed by atoms with Crippen molar-refractivity contribution < 1.29 is 36.4 Å². The molecule has 1 rings (SSSR count). The van der Waals surface area contributed by atoms with E-state index in [2.05, 4.69) is 5.10 Å². The lowest BCUT2D eigenvalue weighted by Crippen LogP contribution is -3.00. The van der Waals surface area contributed by atoms with Crippen LogP contribution < -0.4 is 33.1 Å². The average Bonchev–Trinajstić information content (AvgIpc) is 2.34. The molecule has 0 bridgehead atoms. The molecule has 0 aliphatic heterocycles. The minimum atomic E-state index is -0.989. The predicted octanol–water partition coefficient (Wildman–Crippen LogP) is -3.95. The highest BCUT2D eigenvalue weighted by atomic mass is 79.9. The van der Waals surface area contributed by atoms with Gasteiger partial charge in [0, 0.05) is 6.42 Å². The van der Waals surface area contributed by atoms with Gasteiger partial charge in [0.15, 0.2) is 6.54 Å². The van der Waals surface area contributed by atoms with Gasteiger partial charge in [0.25, 0.3) is 5.91 Å². The van der Waals surface area contributed by atoms with Crippen molar-refractivity contribution in [3.05, 3.63) is 24.0 Å². The molecule has 5 N–H and O–H groups in total. The first kappa shape index (κ1) is 17.5. The van der Waals surface area contributed by atoms with E-state index in [1.54, 1.807) is 16.9 Å². The minimum absolute atomic E-state index is 0. The highest BCUT2D eigenvalue weighted by molar-refractivity contribution is 5.91. The van der Waals surface area contributed by atoms with E-state index in [4.69, 9.17) is 16.6 Å². The molecule has 0 aromatic carbocycles. The lowest BCUT2D eigenvalue weighted by atomic mass is 10.1. The number of nitrogens with zero attached hydrogens (tertiary/aromatic N) is 2. The van der Waals surface area contributed by atoms with Gasteiger partial charge in [-0.15, -0.1) is 0 Å². The molecule has 1 atom stereocenters. The standard InChI is InChI=1S/C11H16N4O3.BrH/c12-9(11(17)18)3-1-2-6-15-7-8(10(13)16)4-5-14-15;/h4-5,7,9H,1-3,6,12H2,(H2-,13,16,17,18);1H/t9-;/m0./s1. The van der Waals surface area contributed by atoms with E-state index in [0.29, 0.717) is 24.9 Å². The van der Waals surface area contributed by atoms with Gasteiger partial charge < -0.3 is 33.6 Å². The second-order valence-electron chi connectivity index (χ2n) is 3.98. The molecule has 0 saturated carbocycles. The molecule has 0 aliphatic rings. The van der Waals surface area contributed by atoms with Crippen molar-refractivity contribution in [2.24, 2.45) is 11.5 Å². The third-order valence-corrected chi connectivity index (χ3v) is 2.51. The third kappa shape index (κ3) is 6.25. The number of carbonyl (C=O) groups excluding carboxylic acids is 1. The summed E-state index contributed by atoms with van der Waals surface area (Å²) in [5, 5.41) is 12.6. The maximum absolute atomic E-state index is 10.9. The molecular formula is C11H17BrN4O3. The van der Waals surface area contributed by atoms with Crippen LogP contribution in [0.25, 0.3) is 0 Å². The Morgan fingerprint density at radius 1 is 1.42 bits per heavy atom. The first-order valence-electron chi connectivity index (χ1n) is 5.64. The highest BCUT2D eigenvalue weighted by Gasteiger charge is 2.12. The Labute approximate surface area is 121 Å². The molecule has 1 amide bonds. The van der Waals surface area contributed by atoms with Crippen LogP contribution in [0.2, 0.25) is 0 Å². The van der Waals surface area contributed by atoms with Gasteiger partial charge in [0.2, 0.25) is 6.20 Å². The quantitative estimate of drug-likeness (QED) is 0.347. The Morgan fingerprint density at radius 2 is 2.11 bits per heavy atom. The summed E-state index contributed by atoms with van der Waals surface area (Å²) >= 11 is 0. The topological polar surface area (TPSA) is 123 Å². The van der Waals surface area contributed by atoms with E-state index in [-0.39, 0.29) is 17.0 Å². The summed E-state index contributed by atoms with van der Waals surface area (Å²) in [4.78, 5) is 21.4. The zero-order valence-electron chi connectivity index (χ0n) is 10.3. The van der Waals surface area contributed by atoms with Crippen molar-refractivity contribution in [1.82, 2.24) is 5.10 Å². The molecule has 0 saturated heterocycles. The molecule has 7 nitrogen and oxygen atoms in total. The van der Waals surface area contributed by atoms with E-state index in [0.717, 1.165) is 6.42 Å². The van der Waals surface area contributed by atoms with Crippen LogP contribution in [-0.2, 0) is 11.3 Å². The summed E-state index contributed by atoms with van der Waals surface area (Å²) < 4.78 is 1.60. The molecule has 1 heterocycles. The van der Waals surface area contributed by atoms with E-state index < -0.39 is 17.9 Å². The van der Waals surface area contributed by atoms with Crippen LogP contribution in [0.1, 0.15) is 29.6 Å². The molecule has 0 radical (unpaired) electrons. The van der Waals surface area contributed by atoms with Crippen molar-refractivity contribution >= 4 is 11.9 Å². The summed E-state index contributed by atoms with van der Waals surface area (Å²) in [6, 6.07) is 0.721. The number of hydrogen-bond donors (Lipinski definition) is 3. The van der Waals surface area contributed by atoms with E-state index in [9.17, 15) is 9.59 Å². The Balaban J connectivity index is 0.00000324. The largest absolute Gasteiger partial charge is 1.00 e. The van der Waals surface area contributed by atoms with Gasteiger partial charge in [0.05, 0.1) is 6.20 Å². The van der Waals surface area contributed by atoms with E-state index in [1.165, 1.54) is 6.20 Å². The fraction of sp³-hybridized carbons (Fsp3) is 0.455. The zero-order chi connectivity index (χ0) is 13.5. The molecule has 1 aromatic rings. The number of aryl methyl sites for hydroxylation is 1. The first-order chi connectivity index (χ1) is 8.50. The van der Waals surface area contributed by atoms with Crippen molar-refractivity contribution in [2.45, 2.75) is 31.8 Å². The molecule has 8 heteroatoms. The fourth-order valence-corrected chi connectivity index (χ4v) is 1.47. The van der Waals surface area contributed by atoms with Crippen LogP contribution in [0.15, 0.2) is 18.5 Å². The van der Waals surface area contributed by atoms with Gasteiger partial charge >= 0.3 is 5.97 Å².